The highest BCUT2D eigenvalue weighted by Crippen LogP contribution is 2.28. The molecule has 0 aromatic heterocycles. The van der Waals surface area contributed by atoms with Crippen molar-refractivity contribution >= 4 is 24.0 Å². The van der Waals surface area contributed by atoms with Gasteiger partial charge in [0.25, 0.3) is 5.91 Å². The second-order valence-corrected chi connectivity index (χ2v) is 7.28. The molecule has 0 heterocycles. The van der Waals surface area contributed by atoms with Gasteiger partial charge in [0.2, 0.25) is 0 Å². The van der Waals surface area contributed by atoms with Gasteiger partial charge >= 0.3 is 0 Å². The maximum Gasteiger partial charge on any atom is 0.262 e. The third-order valence-corrected chi connectivity index (χ3v) is 4.71. The fourth-order valence-electron chi connectivity index (χ4n) is 3.00. The van der Waals surface area contributed by atoms with Crippen LogP contribution in [-0.2, 0) is 11.3 Å². The summed E-state index contributed by atoms with van der Waals surface area (Å²) in [6.07, 6.45) is 6.39. The van der Waals surface area contributed by atoms with Crippen LogP contribution < -0.4 is 20.1 Å². The van der Waals surface area contributed by atoms with Crippen LogP contribution in [0.2, 0.25) is 0 Å². The molecule has 0 aliphatic carbocycles. The number of amides is 1. The number of anilines is 1. The maximum atomic E-state index is 12.1. The van der Waals surface area contributed by atoms with Gasteiger partial charge in [-0.3, -0.25) is 4.79 Å². The normalized spacial score (nSPS) is 10.2. The van der Waals surface area contributed by atoms with Crippen LogP contribution in [0, 0.1) is 6.92 Å². The second kappa shape index (κ2) is 14.7. The average Bonchev–Trinajstić information content (AvgIpc) is 2.73. The molecule has 0 atom stereocenters. The van der Waals surface area contributed by atoms with Gasteiger partial charge < -0.3 is 20.1 Å². The average molecular weight is 435 g/mol. The van der Waals surface area contributed by atoms with Gasteiger partial charge in [0.1, 0.15) is 0 Å². The van der Waals surface area contributed by atoms with E-state index in [9.17, 15) is 4.79 Å². The third-order valence-electron chi connectivity index (χ3n) is 4.71. The number of unbranched alkanes of at least 4 members (excludes halogenated alkanes) is 4. The predicted octanol–water partition coefficient (Wildman–Crippen LogP) is 5.50. The quantitative estimate of drug-likeness (QED) is 0.408. The first-order chi connectivity index (χ1) is 14.1. The van der Waals surface area contributed by atoms with Crippen LogP contribution in [0.15, 0.2) is 42.5 Å². The zero-order valence-electron chi connectivity index (χ0n) is 18.3. The smallest absolute Gasteiger partial charge is 0.262 e. The minimum Gasteiger partial charge on any atom is -0.493 e. The molecule has 0 aliphatic rings. The number of aryl methyl sites for hydroxylation is 1. The molecular formula is C24H35ClN2O3. The Balaban J connectivity index is 0.00000450. The molecule has 0 spiro atoms. The first-order valence-corrected chi connectivity index (χ1v) is 10.5. The number of nitrogens with one attached hydrogen (secondary N) is 2. The zero-order chi connectivity index (χ0) is 20.9. The Bertz CT molecular complexity index is 751. The lowest BCUT2D eigenvalue weighted by Crippen LogP contribution is -2.20. The molecule has 0 saturated heterocycles. The minimum absolute atomic E-state index is 0. The number of carbonyl (C=O) groups excluding carboxylic acids is 1. The summed E-state index contributed by atoms with van der Waals surface area (Å²) in [5.41, 5.74) is 3.04. The standard InChI is InChI=1S/C24H34N2O3.ClH/c1-4-5-6-7-8-15-25-17-20-11-14-22(23(16-20)28-3)29-18-24(27)26-21-12-9-19(2)10-13-21;/h9-14,16,25H,4-8,15,17-18H2,1-3H3,(H,26,27);1H. The topological polar surface area (TPSA) is 59.6 Å². The van der Waals surface area contributed by atoms with E-state index in [0.29, 0.717) is 11.5 Å². The zero-order valence-corrected chi connectivity index (χ0v) is 19.1. The van der Waals surface area contributed by atoms with Crippen molar-refractivity contribution in [3.63, 3.8) is 0 Å². The molecule has 0 fully saturated rings. The van der Waals surface area contributed by atoms with Crippen molar-refractivity contribution in [2.24, 2.45) is 0 Å². The van der Waals surface area contributed by atoms with Gasteiger partial charge in [0, 0.05) is 12.2 Å². The van der Waals surface area contributed by atoms with Gasteiger partial charge in [0.15, 0.2) is 18.1 Å². The number of methoxy groups -OCH3 is 1. The van der Waals surface area contributed by atoms with Gasteiger partial charge in [-0.1, -0.05) is 56.4 Å². The molecule has 0 aliphatic heterocycles. The van der Waals surface area contributed by atoms with Crippen molar-refractivity contribution < 1.29 is 14.3 Å². The molecule has 2 N–H and O–H groups in total. The van der Waals surface area contributed by atoms with E-state index in [1.165, 1.54) is 32.1 Å². The number of hydrogen-bond donors (Lipinski definition) is 2. The molecule has 2 aromatic rings. The van der Waals surface area contributed by atoms with Gasteiger partial charge in [-0.25, -0.2) is 0 Å². The van der Waals surface area contributed by atoms with Crippen molar-refractivity contribution in [1.29, 1.82) is 0 Å². The van der Waals surface area contributed by atoms with E-state index >= 15 is 0 Å². The van der Waals surface area contributed by atoms with Crippen LogP contribution in [0.4, 0.5) is 5.69 Å². The Labute approximate surface area is 187 Å². The van der Waals surface area contributed by atoms with E-state index in [0.717, 1.165) is 29.9 Å². The lowest BCUT2D eigenvalue weighted by molar-refractivity contribution is -0.118. The largest absolute Gasteiger partial charge is 0.493 e. The number of hydrogen-bond acceptors (Lipinski definition) is 4. The molecule has 166 valence electrons. The summed E-state index contributed by atoms with van der Waals surface area (Å²) in [4.78, 5) is 12.1. The van der Waals surface area contributed by atoms with E-state index in [1.54, 1.807) is 7.11 Å². The molecule has 0 unspecified atom stereocenters. The lowest BCUT2D eigenvalue weighted by atomic mass is 10.1. The summed E-state index contributed by atoms with van der Waals surface area (Å²) >= 11 is 0. The highest BCUT2D eigenvalue weighted by atomic mass is 35.5. The monoisotopic (exact) mass is 434 g/mol. The molecule has 1 amide bonds. The Hall–Kier alpha value is -2.24. The van der Waals surface area contributed by atoms with Crippen LogP contribution in [0.1, 0.15) is 50.2 Å². The number of benzene rings is 2. The fraction of sp³-hybridized carbons (Fsp3) is 0.458. The second-order valence-electron chi connectivity index (χ2n) is 7.28. The Morgan fingerprint density at radius 2 is 1.70 bits per heavy atom. The highest BCUT2D eigenvalue weighted by Gasteiger charge is 2.09. The highest BCUT2D eigenvalue weighted by molar-refractivity contribution is 5.91. The van der Waals surface area contributed by atoms with E-state index in [1.807, 2.05) is 49.4 Å². The fourth-order valence-corrected chi connectivity index (χ4v) is 3.00. The molecule has 0 saturated carbocycles. The van der Waals surface area contributed by atoms with Crippen molar-refractivity contribution in [1.82, 2.24) is 5.32 Å². The van der Waals surface area contributed by atoms with Crippen LogP contribution in [0.5, 0.6) is 11.5 Å². The Kier molecular flexibility index (Phi) is 12.6. The molecular weight excluding hydrogens is 400 g/mol. The third kappa shape index (κ3) is 9.51. The summed E-state index contributed by atoms with van der Waals surface area (Å²) in [5, 5.41) is 6.30. The molecule has 5 nitrogen and oxygen atoms in total. The number of carbonyl (C=O) groups is 1. The van der Waals surface area contributed by atoms with Crippen molar-refractivity contribution in [3.8, 4) is 11.5 Å². The Morgan fingerprint density at radius 1 is 0.967 bits per heavy atom. The van der Waals surface area contributed by atoms with Gasteiger partial charge in [0.05, 0.1) is 7.11 Å². The molecule has 6 heteroatoms. The van der Waals surface area contributed by atoms with Crippen LogP contribution in [0.3, 0.4) is 0 Å². The number of ether oxygens (including phenoxy) is 2. The maximum absolute atomic E-state index is 12.1. The number of rotatable bonds is 13. The summed E-state index contributed by atoms with van der Waals surface area (Å²) < 4.78 is 11.1. The molecule has 30 heavy (non-hydrogen) atoms. The van der Waals surface area contributed by atoms with Crippen LogP contribution in [0.25, 0.3) is 0 Å². The van der Waals surface area contributed by atoms with Gasteiger partial charge in [-0.15, -0.1) is 12.4 Å². The summed E-state index contributed by atoms with van der Waals surface area (Å²) in [7, 11) is 1.61. The Morgan fingerprint density at radius 3 is 2.40 bits per heavy atom. The predicted molar refractivity (Wildman–Crippen MR) is 126 cm³/mol. The van der Waals surface area contributed by atoms with E-state index in [-0.39, 0.29) is 24.9 Å². The SMILES string of the molecule is CCCCCCCNCc1ccc(OCC(=O)Nc2ccc(C)cc2)c(OC)c1.Cl. The molecule has 0 radical (unpaired) electrons. The van der Waals surface area contributed by atoms with Crippen molar-refractivity contribution in [2.45, 2.75) is 52.5 Å². The molecule has 2 aromatic carbocycles. The summed E-state index contributed by atoms with van der Waals surface area (Å²) in [5.74, 6) is 0.995. The van der Waals surface area contributed by atoms with E-state index in [2.05, 4.69) is 17.6 Å². The van der Waals surface area contributed by atoms with Crippen LogP contribution in [-0.4, -0.2) is 26.2 Å². The first kappa shape index (κ1) is 25.8. The van der Waals surface area contributed by atoms with Gasteiger partial charge in [-0.2, -0.15) is 0 Å². The summed E-state index contributed by atoms with van der Waals surface area (Å²) in [6, 6.07) is 13.5. The van der Waals surface area contributed by atoms with Crippen molar-refractivity contribution in [3.05, 3.63) is 53.6 Å². The lowest BCUT2D eigenvalue weighted by Gasteiger charge is -2.13. The van der Waals surface area contributed by atoms with Crippen LogP contribution >= 0.6 is 12.4 Å². The molecule has 0 bridgehead atoms. The van der Waals surface area contributed by atoms with E-state index < -0.39 is 0 Å². The summed E-state index contributed by atoms with van der Waals surface area (Å²) in [6.45, 7) is 5.98. The van der Waals surface area contributed by atoms with Crippen molar-refractivity contribution in [2.75, 3.05) is 25.6 Å². The first-order valence-electron chi connectivity index (χ1n) is 10.5. The number of halogens is 1. The minimum atomic E-state index is -0.204. The molecule has 2 rings (SSSR count). The van der Waals surface area contributed by atoms with E-state index in [4.69, 9.17) is 9.47 Å². The van der Waals surface area contributed by atoms with Gasteiger partial charge in [-0.05, 0) is 49.7 Å².